The summed E-state index contributed by atoms with van der Waals surface area (Å²) in [6.07, 6.45) is 0.136. The Labute approximate surface area is 141 Å². The molecule has 0 amide bonds. The van der Waals surface area contributed by atoms with Gasteiger partial charge < -0.3 is 19.3 Å². The average Bonchev–Trinajstić information content (AvgIpc) is 2.90. The van der Waals surface area contributed by atoms with Crippen molar-refractivity contribution in [2.24, 2.45) is 0 Å². The van der Waals surface area contributed by atoms with Gasteiger partial charge in [-0.1, -0.05) is 0 Å². The van der Waals surface area contributed by atoms with Crippen molar-refractivity contribution in [1.29, 1.82) is 0 Å². The molecule has 1 aromatic heterocycles. The van der Waals surface area contributed by atoms with E-state index >= 15 is 0 Å². The van der Waals surface area contributed by atoms with Crippen molar-refractivity contribution in [2.75, 3.05) is 25.2 Å². The molecule has 0 bridgehead atoms. The first-order valence-electron chi connectivity index (χ1n) is 7.36. The van der Waals surface area contributed by atoms with E-state index in [0.717, 1.165) is 0 Å². The largest absolute Gasteiger partial charge is 0.508 e. The van der Waals surface area contributed by atoms with Crippen LogP contribution in [0.25, 0.3) is 0 Å². The number of aromatic nitrogens is 2. The van der Waals surface area contributed by atoms with E-state index in [1.165, 1.54) is 22.5 Å². The SMILES string of the molecule is CSCCOC(=O)OC[C@H]1O[C@@H](n2cc(C)c(=O)[nH]c2=O)C[C@@H]1O. The standard InChI is InChI=1S/C14H20N2O7S/c1-8-6-16(13(19)15-12(8)18)11-5-9(17)10(23-11)7-22-14(20)21-3-4-24-2/h6,9-11,17H,3-5,7H2,1-2H3,(H,15,18,19)/t9-,10+,11+/m0/s1. The summed E-state index contributed by atoms with van der Waals surface area (Å²) in [5.41, 5.74) is -0.742. The van der Waals surface area contributed by atoms with E-state index in [1.54, 1.807) is 6.92 Å². The molecular weight excluding hydrogens is 340 g/mol. The summed E-state index contributed by atoms with van der Waals surface area (Å²) in [5, 5.41) is 10.0. The smallest absolute Gasteiger partial charge is 0.433 e. The molecular formula is C14H20N2O7S. The number of nitrogens with one attached hydrogen (secondary N) is 1. The van der Waals surface area contributed by atoms with Gasteiger partial charge in [-0.2, -0.15) is 11.8 Å². The van der Waals surface area contributed by atoms with Crippen LogP contribution in [0.2, 0.25) is 0 Å². The molecule has 24 heavy (non-hydrogen) atoms. The van der Waals surface area contributed by atoms with Gasteiger partial charge in [-0.3, -0.25) is 14.3 Å². The second-order valence-corrected chi connectivity index (χ2v) is 6.30. The quantitative estimate of drug-likeness (QED) is 0.538. The molecule has 10 heteroatoms. The fourth-order valence-electron chi connectivity index (χ4n) is 2.24. The highest BCUT2D eigenvalue weighted by Gasteiger charge is 2.36. The van der Waals surface area contributed by atoms with E-state index in [1.807, 2.05) is 6.26 Å². The lowest BCUT2D eigenvalue weighted by atomic mass is 10.2. The summed E-state index contributed by atoms with van der Waals surface area (Å²) in [4.78, 5) is 36.8. The van der Waals surface area contributed by atoms with E-state index in [2.05, 4.69) is 4.98 Å². The van der Waals surface area contributed by atoms with Crippen LogP contribution >= 0.6 is 11.8 Å². The van der Waals surface area contributed by atoms with Crippen molar-refractivity contribution in [2.45, 2.75) is 31.8 Å². The van der Waals surface area contributed by atoms with Gasteiger partial charge in [0.15, 0.2) is 0 Å². The van der Waals surface area contributed by atoms with Crippen molar-refractivity contribution >= 4 is 17.9 Å². The molecule has 1 fully saturated rings. The number of aryl methyl sites for hydroxylation is 1. The minimum atomic E-state index is -0.909. The van der Waals surface area contributed by atoms with Crippen molar-refractivity contribution in [3.05, 3.63) is 32.6 Å². The Hall–Kier alpha value is -1.78. The summed E-state index contributed by atoms with van der Waals surface area (Å²) in [7, 11) is 0. The maximum absolute atomic E-state index is 11.8. The van der Waals surface area contributed by atoms with Crippen molar-refractivity contribution in [3.8, 4) is 0 Å². The van der Waals surface area contributed by atoms with Gasteiger partial charge in [-0.05, 0) is 13.2 Å². The van der Waals surface area contributed by atoms with Crippen LogP contribution in [0.3, 0.4) is 0 Å². The third kappa shape index (κ3) is 4.62. The normalized spacial score (nSPS) is 23.2. The third-order valence-electron chi connectivity index (χ3n) is 3.53. The number of rotatable bonds is 6. The number of aromatic amines is 1. The lowest BCUT2D eigenvalue weighted by Gasteiger charge is -2.16. The van der Waals surface area contributed by atoms with Crippen LogP contribution in [-0.4, -0.2) is 58.2 Å². The number of thioether (sulfide) groups is 1. The molecule has 1 aliphatic heterocycles. The molecule has 2 heterocycles. The van der Waals surface area contributed by atoms with E-state index in [9.17, 15) is 19.5 Å². The molecule has 134 valence electrons. The topological polar surface area (TPSA) is 120 Å². The Morgan fingerprint density at radius 2 is 2.25 bits per heavy atom. The molecule has 3 atom stereocenters. The number of hydrogen-bond donors (Lipinski definition) is 2. The third-order valence-corrected chi connectivity index (χ3v) is 4.11. The summed E-state index contributed by atoms with van der Waals surface area (Å²) in [5.74, 6) is 0.661. The Balaban J connectivity index is 1.93. The zero-order valence-electron chi connectivity index (χ0n) is 13.4. The highest BCUT2D eigenvalue weighted by molar-refractivity contribution is 7.98. The number of hydrogen-bond acceptors (Lipinski definition) is 8. The second-order valence-electron chi connectivity index (χ2n) is 5.31. The predicted molar refractivity (Wildman–Crippen MR) is 86.3 cm³/mol. The molecule has 2 rings (SSSR count). The lowest BCUT2D eigenvalue weighted by molar-refractivity contribution is -0.0582. The fraction of sp³-hybridized carbons (Fsp3) is 0.643. The Morgan fingerprint density at radius 3 is 2.96 bits per heavy atom. The minimum absolute atomic E-state index is 0.140. The Morgan fingerprint density at radius 1 is 1.50 bits per heavy atom. The zero-order valence-corrected chi connectivity index (χ0v) is 14.2. The lowest BCUT2D eigenvalue weighted by Crippen LogP contribution is -2.33. The number of ether oxygens (including phenoxy) is 3. The van der Waals surface area contributed by atoms with Crippen LogP contribution in [0.1, 0.15) is 18.2 Å². The first-order chi connectivity index (χ1) is 11.4. The Kier molecular flexibility index (Phi) is 6.46. The fourth-order valence-corrected chi connectivity index (χ4v) is 2.49. The van der Waals surface area contributed by atoms with Crippen LogP contribution < -0.4 is 11.2 Å². The van der Waals surface area contributed by atoms with Gasteiger partial charge in [0, 0.05) is 23.9 Å². The van der Waals surface area contributed by atoms with Crippen LogP contribution in [0.15, 0.2) is 15.8 Å². The number of nitrogens with zero attached hydrogens (tertiary/aromatic N) is 1. The second kappa shape index (κ2) is 8.36. The average molecular weight is 360 g/mol. The molecule has 0 aliphatic carbocycles. The van der Waals surface area contributed by atoms with Crippen LogP contribution in [-0.2, 0) is 14.2 Å². The van der Waals surface area contributed by atoms with E-state index in [-0.39, 0.29) is 19.6 Å². The molecule has 1 saturated heterocycles. The number of H-pyrrole nitrogens is 1. The van der Waals surface area contributed by atoms with Gasteiger partial charge in [-0.25, -0.2) is 9.59 Å². The molecule has 1 aliphatic rings. The van der Waals surface area contributed by atoms with Crippen LogP contribution in [0.4, 0.5) is 4.79 Å². The van der Waals surface area contributed by atoms with E-state index in [0.29, 0.717) is 11.3 Å². The van der Waals surface area contributed by atoms with Gasteiger partial charge in [-0.15, -0.1) is 0 Å². The number of carbonyl (C=O) groups is 1. The first kappa shape index (κ1) is 18.6. The molecule has 0 saturated carbocycles. The van der Waals surface area contributed by atoms with Gasteiger partial charge >= 0.3 is 11.8 Å². The summed E-state index contributed by atoms with van der Waals surface area (Å²) >= 11 is 1.53. The number of carbonyl (C=O) groups excluding carboxylic acids is 1. The number of aliphatic hydroxyl groups is 1. The number of aliphatic hydroxyl groups excluding tert-OH is 1. The van der Waals surface area contributed by atoms with E-state index in [4.69, 9.17) is 14.2 Å². The first-order valence-corrected chi connectivity index (χ1v) is 8.76. The molecule has 0 aromatic carbocycles. The molecule has 0 radical (unpaired) electrons. The van der Waals surface area contributed by atoms with Crippen LogP contribution in [0.5, 0.6) is 0 Å². The van der Waals surface area contributed by atoms with Gasteiger partial charge in [0.2, 0.25) is 0 Å². The maximum atomic E-state index is 11.8. The molecule has 0 spiro atoms. The monoisotopic (exact) mass is 360 g/mol. The Bertz CT molecular complexity index is 686. The highest BCUT2D eigenvalue weighted by atomic mass is 32.2. The van der Waals surface area contributed by atoms with Gasteiger partial charge in [0.25, 0.3) is 5.56 Å². The van der Waals surface area contributed by atoms with Gasteiger partial charge in [0.1, 0.15) is 25.5 Å². The minimum Gasteiger partial charge on any atom is -0.433 e. The van der Waals surface area contributed by atoms with Crippen molar-refractivity contribution in [3.63, 3.8) is 0 Å². The highest BCUT2D eigenvalue weighted by Crippen LogP contribution is 2.27. The summed E-state index contributed by atoms with van der Waals surface area (Å²) in [6, 6.07) is 0. The predicted octanol–water partition coefficient (Wildman–Crippen LogP) is 0.00962. The molecule has 1 aromatic rings. The molecule has 2 N–H and O–H groups in total. The zero-order chi connectivity index (χ0) is 17.7. The maximum Gasteiger partial charge on any atom is 0.508 e. The van der Waals surface area contributed by atoms with Crippen molar-refractivity contribution < 1.29 is 24.1 Å². The van der Waals surface area contributed by atoms with Gasteiger partial charge in [0.05, 0.1) is 6.10 Å². The molecule has 0 unspecified atom stereocenters. The molecule has 9 nitrogen and oxygen atoms in total. The van der Waals surface area contributed by atoms with E-state index < -0.39 is 35.8 Å². The van der Waals surface area contributed by atoms with Crippen LogP contribution in [0, 0.1) is 6.92 Å². The summed E-state index contributed by atoms with van der Waals surface area (Å²) < 4.78 is 16.5. The van der Waals surface area contributed by atoms with Crippen molar-refractivity contribution in [1.82, 2.24) is 9.55 Å². The summed E-state index contributed by atoms with van der Waals surface area (Å²) in [6.45, 7) is 1.61.